The van der Waals surface area contributed by atoms with E-state index in [9.17, 15) is 14.9 Å². The van der Waals surface area contributed by atoms with Crippen molar-refractivity contribution in [3.8, 4) is 6.07 Å². The molecule has 5 heteroatoms. The molecule has 0 aromatic heterocycles. The number of amides is 1. The molecule has 0 spiro atoms. The van der Waals surface area contributed by atoms with Gasteiger partial charge in [-0.2, -0.15) is 5.26 Å². The fraction of sp³-hybridized carbons (Fsp3) is 0.0714. The van der Waals surface area contributed by atoms with Gasteiger partial charge in [0, 0.05) is 5.39 Å². The van der Waals surface area contributed by atoms with Crippen LogP contribution in [-0.2, 0) is 14.3 Å². The average Bonchev–Trinajstić information content (AvgIpc) is 2.46. The van der Waals surface area contributed by atoms with Crippen LogP contribution in [0.3, 0.4) is 0 Å². The number of ether oxygens (including phenoxy) is 1. The predicted molar refractivity (Wildman–Crippen MR) is 69.3 cm³/mol. The molecule has 2 rings (SSSR count). The summed E-state index contributed by atoms with van der Waals surface area (Å²) in [7, 11) is 1.12. The monoisotopic (exact) mass is 254 g/mol. The SMILES string of the molecule is COC(=O)C(=O)Nc1ccc2ccccc2c1C#N. The number of hydrogen-bond donors (Lipinski definition) is 1. The molecule has 1 N–H and O–H groups in total. The summed E-state index contributed by atoms with van der Waals surface area (Å²) >= 11 is 0. The first-order valence-electron chi connectivity index (χ1n) is 5.48. The Morgan fingerprint density at radius 2 is 1.95 bits per heavy atom. The number of fused-ring (bicyclic) bond motifs is 1. The summed E-state index contributed by atoms with van der Waals surface area (Å²) in [6.45, 7) is 0. The van der Waals surface area contributed by atoms with Crippen LogP contribution >= 0.6 is 0 Å². The van der Waals surface area contributed by atoms with Gasteiger partial charge in [0.2, 0.25) is 0 Å². The van der Waals surface area contributed by atoms with Crippen molar-refractivity contribution in [2.24, 2.45) is 0 Å². The molecule has 2 aromatic rings. The van der Waals surface area contributed by atoms with Gasteiger partial charge in [0.25, 0.3) is 0 Å². The quantitative estimate of drug-likeness (QED) is 0.622. The number of nitriles is 1. The van der Waals surface area contributed by atoms with Crippen LogP contribution in [0, 0.1) is 11.3 Å². The first-order chi connectivity index (χ1) is 9.17. The Kier molecular flexibility index (Phi) is 3.44. The zero-order valence-corrected chi connectivity index (χ0v) is 10.1. The molecule has 0 fully saturated rings. The van der Waals surface area contributed by atoms with E-state index in [0.29, 0.717) is 10.9 Å². The summed E-state index contributed by atoms with van der Waals surface area (Å²) in [6, 6.07) is 12.7. The molecule has 19 heavy (non-hydrogen) atoms. The molecule has 0 saturated carbocycles. The van der Waals surface area contributed by atoms with Crippen LogP contribution in [-0.4, -0.2) is 19.0 Å². The molecule has 0 bridgehead atoms. The van der Waals surface area contributed by atoms with Gasteiger partial charge < -0.3 is 10.1 Å². The lowest BCUT2D eigenvalue weighted by Crippen LogP contribution is -2.24. The normalized spacial score (nSPS) is 9.68. The maximum atomic E-state index is 11.5. The second-order valence-corrected chi connectivity index (χ2v) is 3.77. The van der Waals surface area contributed by atoms with Crippen LogP contribution in [0.5, 0.6) is 0 Å². The Morgan fingerprint density at radius 3 is 2.63 bits per heavy atom. The molecule has 0 unspecified atom stereocenters. The van der Waals surface area contributed by atoms with E-state index in [0.717, 1.165) is 12.5 Å². The number of nitrogens with zero attached hydrogens (tertiary/aromatic N) is 1. The topological polar surface area (TPSA) is 79.2 Å². The van der Waals surface area contributed by atoms with E-state index in [1.165, 1.54) is 0 Å². The molecule has 0 aliphatic rings. The van der Waals surface area contributed by atoms with Crippen molar-refractivity contribution < 1.29 is 14.3 Å². The van der Waals surface area contributed by atoms with Crippen LogP contribution in [0.1, 0.15) is 5.56 Å². The van der Waals surface area contributed by atoms with Gasteiger partial charge >= 0.3 is 11.9 Å². The first-order valence-corrected chi connectivity index (χ1v) is 5.48. The minimum atomic E-state index is -1.00. The van der Waals surface area contributed by atoms with E-state index in [-0.39, 0.29) is 5.69 Å². The Bertz CT molecular complexity index is 701. The second-order valence-electron chi connectivity index (χ2n) is 3.77. The fourth-order valence-corrected chi connectivity index (χ4v) is 1.76. The number of carbonyl (C=O) groups excluding carboxylic acids is 2. The fourth-order valence-electron chi connectivity index (χ4n) is 1.76. The molecule has 5 nitrogen and oxygen atoms in total. The number of benzene rings is 2. The largest absolute Gasteiger partial charge is 0.462 e. The highest BCUT2D eigenvalue weighted by atomic mass is 16.5. The molecule has 0 aliphatic heterocycles. The third-order valence-electron chi connectivity index (χ3n) is 2.66. The van der Waals surface area contributed by atoms with Crippen LogP contribution in [0.2, 0.25) is 0 Å². The lowest BCUT2D eigenvalue weighted by atomic mass is 10.0. The van der Waals surface area contributed by atoms with Gasteiger partial charge in [0.05, 0.1) is 18.4 Å². The van der Waals surface area contributed by atoms with E-state index in [2.05, 4.69) is 10.1 Å². The van der Waals surface area contributed by atoms with Gasteiger partial charge in [-0.1, -0.05) is 30.3 Å². The Balaban J connectivity index is 2.47. The minimum Gasteiger partial charge on any atom is -0.462 e. The summed E-state index contributed by atoms with van der Waals surface area (Å²) in [5.41, 5.74) is 0.604. The van der Waals surface area contributed by atoms with Gasteiger partial charge in [-0.25, -0.2) is 4.79 Å². The number of carbonyl (C=O) groups is 2. The lowest BCUT2D eigenvalue weighted by molar-refractivity contribution is -0.150. The van der Waals surface area contributed by atoms with Gasteiger partial charge in [0.1, 0.15) is 6.07 Å². The molecule has 0 atom stereocenters. The summed E-state index contributed by atoms with van der Waals surface area (Å²) in [5.74, 6) is -1.91. The van der Waals surface area contributed by atoms with Gasteiger partial charge in [-0.15, -0.1) is 0 Å². The molecule has 0 radical (unpaired) electrons. The molecule has 0 aliphatic carbocycles. The molecule has 2 aromatic carbocycles. The summed E-state index contributed by atoms with van der Waals surface area (Å²) < 4.78 is 4.31. The smallest absolute Gasteiger partial charge is 0.396 e. The van der Waals surface area contributed by atoms with Crippen molar-refractivity contribution in [2.45, 2.75) is 0 Å². The molecule has 0 heterocycles. The lowest BCUT2D eigenvalue weighted by Gasteiger charge is -2.08. The van der Waals surface area contributed by atoms with Crippen LogP contribution < -0.4 is 5.32 Å². The van der Waals surface area contributed by atoms with E-state index in [1.807, 2.05) is 18.2 Å². The van der Waals surface area contributed by atoms with Crippen molar-refractivity contribution in [3.05, 3.63) is 42.0 Å². The minimum absolute atomic E-state index is 0.289. The van der Waals surface area contributed by atoms with E-state index < -0.39 is 11.9 Å². The van der Waals surface area contributed by atoms with E-state index in [4.69, 9.17) is 0 Å². The maximum Gasteiger partial charge on any atom is 0.396 e. The summed E-state index contributed by atoms with van der Waals surface area (Å²) in [5, 5.41) is 13.2. The second kappa shape index (κ2) is 5.19. The number of methoxy groups -OCH3 is 1. The van der Waals surface area contributed by atoms with Crippen molar-refractivity contribution >= 4 is 28.3 Å². The summed E-state index contributed by atoms with van der Waals surface area (Å²) in [6.07, 6.45) is 0. The van der Waals surface area contributed by atoms with Gasteiger partial charge in [0.15, 0.2) is 0 Å². The number of hydrogen-bond acceptors (Lipinski definition) is 4. The van der Waals surface area contributed by atoms with E-state index in [1.54, 1.807) is 24.3 Å². The first kappa shape index (κ1) is 12.6. The van der Waals surface area contributed by atoms with E-state index >= 15 is 0 Å². The predicted octanol–water partition coefficient (Wildman–Crippen LogP) is 1.82. The van der Waals surface area contributed by atoms with Crippen LogP contribution in [0.25, 0.3) is 10.8 Å². The zero-order valence-electron chi connectivity index (χ0n) is 10.1. The highest BCUT2D eigenvalue weighted by molar-refractivity contribution is 6.37. The molecule has 1 amide bonds. The van der Waals surface area contributed by atoms with Crippen molar-refractivity contribution in [3.63, 3.8) is 0 Å². The third-order valence-corrected chi connectivity index (χ3v) is 2.66. The van der Waals surface area contributed by atoms with Crippen LogP contribution in [0.4, 0.5) is 5.69 Å². The maximum absolute atomic E-state index is 11.5. The number of anilines is 1. The van der Waals surface area contributed by atoms with Crippen molar-refractivity contribution in [1.82, 2.24) is 0 Å². The molecular formula is C14H10N2O3. The zero-order chi connectivity index (χ0) is 13.8. The highest BCUT2D eigenvalue weighted by Gasteiger charge is 2.16. The Labute approximate surface area is 109 Å². The molecule has 0 saturated heterocycles. The van der Waals surface area contributed by atoms with Crippen LogP contribution in [0.15, 0.2) is 36.4 Å². The molecule has 94 valence electrons. The van der Waals surface area contributed by atoms with Crippen molar-refractivity contribution in [2.75, 3.05) is 12.4 Å². The summed E-state index contributed by atoms with van der Waals surface area (Å²) in [4.78, 5) is 22.5. The number of nitrogens with one attached hydrogen (secondary N) is 1. The van der Waals surface area contributed by atoms with Gasteiger partial charge in [-0.3, -0.25) is 4.79 Å². The van der Waals surface area contributed by atoms with Crippen molar-refractivity contribution in [1.29, 1.82) is 5.26 Å². The highest BCUT2D eigenvalue weighted by Crippen LogP contribution is 2.25. The number of rotatable bonds is 1. The number of esters is 1. The standard InChI is InChI=1S/C14H10N2O3/c1-19-14(18)13(17)16-12-7-6-9-4-2-3-5-10(9)11(12)8-15/h2-7H,1H3,(H,16,17). The molecular weight excluding hydrogens is 244 g/mol. The average molecular weight is 254 g/mol. The Hall–Kier alpha value is -2.87. The van der Waals surface area contributed by atoms with Gasteiger partial charge in [-0.05, 0) is 11.5 Å². The Morgan fingerprint density at radius 1 is 1.21 bits per heavy atom. The third kappa shape index (κ3) is 2.38.